The number of halogens is 1. The predicted octanol–water partition coefficient (Wildman–Crippen LogP) is 3.48. The first-order valence-corrected chi connectivity index (χ1v) is 6.95. The van der Waals surface area contributed by atoms with E-state index in [2.05, 4.69) is 16.0 Å². The molecule has 0 bridgehead atoms. The molecule has 0 radical (unpaired) electrons. The molecule has 20 heavy (non-hydrogen) atoms. The van der Waals surface area contributed by atoms with Gasteiger partial charge in [-0.15, -0.1) is 0 Å². The van der Waals surface area contributed by atoms with Crippen molar-refractivity contribution >= 4 is 11.6 Å². The number of nitriles is 1. The highest BCUT2D eigenvalue weighted by Gasteiger charge is 2.29. The van der Waals surface area contributed by atoms with Crippen molar-refractivity contribution in [1.82, 2.24) is 9.88 Å². The maximum Gasteiger partial charge on any atom is 0.209 e. The van der Waals surface area contributed by atoms with E-state index in [-0.39, 0.29) is 0 Å². The minimum atomic E-state index is 0.420. The molecule has 0 aliphatic heterocycles. The van der Waals surface area contributed by atoms with Gasteiger partial charge >= 0.3 is 0 Å². The topological polar surface area (TPSA) is 53.1 Å². The molecular formula is C15H14ClN3O. The third-order valence-electron chi connectivity index (χ3n) is 3.36. The molecule has 0 spiro atoms. The van der Waals surface area contributed by atoms with Gasteiger partial charge in [-0.05, 0) is 37.1 Å². The smallest absolute Gasteiger partial charge is 0.209 e. The predicted molar refractivity (Wildman–Crippen MR) is 76.0 cm³/mol. The quantitative estimate of drug-likeness (QED) is 0.790. The second kappa shape index (κ2) is 5.66. The highest BCUT2D eigenvalue weighted by Crippen LogP contribution is 2.29. The molecule has 1 aliphatic carbocycles. The lowest BCUT2D eigenvalue weighted by Gasteiger charge is -2.15. The summed E-state index contributed by atoms with van der Waals surface area (Å²) in [5.41, 5.74) is 0.950. The van der Waals surface area contributed by atoms with Crippen LogP contribution in [0.4, 0.5) is 0 Å². The van der Waals surface area contributed by atoms with E-state index in [1.807, 2.05) is 24.3 Å². The van der Waals surface area contributed by atoms with E-state index in [9.17, 15) is 0 Å². The fourth-order valence-corrected chi connectivity index (χ4v) is 2.28. The summed E-state index contributed by atoms with van der Waals surface area (Å²) in [6.45, 7) is 1.01. The van der Waals surface area contributed by atoms with Crippen LogP contribution in [0.15, 0.2) is 34.9 Å². The van der Waals surface area contributed by atoms with Gasteiger partial charge < -0.3 is 4.42 Å². The number of aromatic nitrogens is 1. The van der Waals surface area contributed by atoms with E-state index in [0.29, 0.717) is 30.0 Å². The Labute approximate surface area is 122 Å². The van der Waals surface area contributed by atoms with Crippen LogP contribution < -0.4 is 0 Å². The minimum Gasteiger partial charge on any atom is -0.439 e. The first-order valence-electron chi connectivity index (χ1n) is 6.58. The zero-order chi connectivity index (χ0) is 13.9. The molecule has 5 heteroatoms. The van der Waals surface area contributed by atoms with Crippen LogP contribution in [0.2, 0.25) is 5.02 Å². The van der Waals surface area contributed by atoms with E-state index in [1.54, 1.807) is 6.20 Å². The van der Waals surface area contributed by atoms with Crippen LogP contribution in [0.1, 0.15) is 18.7 Å². The standard InChI is InChI=1S/C15H14ClN3O/c16-12-3-1-11(2-4-12)14-9-18-15(20-14)10-19(8-7-17)13-5-6-13/h1-4,9,13H,5-6,8,10H2. The molecule has 2 aromatic rings. The lowest BCUT2D eigenvalue weighted by atomic mass is 10.2. The van der Waals surface area contributed by atoms with E-state index in [4.69, 9.17) is 21.3 Å². The van der Waals surface area contributed by atoms with Gasteiger partial charge in [0.25, 0.3) is 0 Å². The molecule has 0 atom stereocenters. The molecule has 0 N–H and O–H groups in total. The molecule has 1 fully saturated rings. The largest absolute Gasteiger partial charge is 0.439 e. The van der Waals surface area contributed by atoms with Crippen molar-refractivity contribution in [2.75, 3.05) is 6.54 Å². The Morgan fingerprint density at radius 3 is 2.75 bits per heavy atom. The van der Waals surface area contributed by atoms with Crippen molar-refractivity contribution < 1.29 is 4.42 Å². The van der Waals surface area contributed by atoms with E-state index in [0.717, 1.165) is 24.2 Å². The molecule has 4 nitrogen and oxygen atoms in total. The zero-order valence-electron chi connectivity index (χ0n) is 10.9. The number of oxazole rings is 1. The molecule has 1 saturated carbocycles. The van der Waals surface area contributed by atoms with Crippen LogP contribution in [0.3, 0.4) is 0 Å². The Morgan fingerprint density at radius 2 is 2.10 bits per heavy atom. The maximum absolute atomic E-state index is 8.85. The Balaban J connectivity index is 1.73. The van der Waals surface area contributed by atoms with Crippen LogP contribution in [-0.4, -0.2) is 22.5 Å². The van der Waals surface area contributed by atoms with E-state index >= 15 is 0 Å². The average molecular weight is 288 g/mol. The minimum absolute atomic E-state index is 0.420. The van der Waals surface area contributed by atoms with Gasteiger partial charge in [0.1, 0.15) is 0 Å². The Hall–Kier alpha value is -1.83. The second-order valence-electron chi connectivity index (χ2n) is 4.92. The highest BCUT2D eigenvalue weighted by molar-refractivity contribution is 6.30. The molecule has 0 saturated heterocycles. The monoisotopic (exact) mass is 287 g/mol. The number of nitrogens with zero attached hydrogens (tertiary/aromatic N) is 3. The van der Waals surface area contributed by atoms with Gasteiger partial charge in [0, 0.05) is 16.6 Å². The fraction of sp³-hybridized carbons (Fsp3) is 0.333. The number of rotatable bonds is 5. The third-order valence-corrected chi connectivity index (χ3v) is 3.61. The molecule has 1 aromatic carbocycles. The van der Waals surface area contributed by atoms with Gasteiger partial charge in [-0.3, -0.25) is 4.90 Å². The van der Waals surface area contributed by atoms with Gasteiger partial charge in [0.05, 0.1) is 25.4 Å². The molecule has 0 unspecified atom stereocenters. The summed E-state index contributed by atoms with van der Waals surface area (Å²) in [6, 6.07) is 10.2. The first kappa shape index (κ1) is 13.2. The van der Waals surface area contributed by atoms with Crippen LogP contribution >= 0.6 is 11.6 Å². The molecular weight excluding hydrogens is 274 g/mol. The summed E-state index contributed by atoms with van der Waals surface area (Å²) < 4.78 is 5.76. The number of hydrogen-bond donors (Lipinski definition) is 0. The zero-order valence-corrected chi connectivity index (χ0v) is 11.7. The summed E-state index contributed by atoms with van der Waals surface area (Å²) in [7, 11) is 0. The van der Waals surface area contributed by atoms with Crippen molar-refractivity contribution in [2.24, 2.45) is 0 Å². The van der Waals surface area contributed by atoms with Crippen LogP contribution in [-0.2, 0) is 6.54 Å². The summed E-state index contributed by atoms with van der Waals surface area (Å²) in [4.78, 5) is 6.41. The lowest BCUT2D eigenvalue weighted by molar-refractivity contribution is 0.257. The fourth-order valence-electron chi connectivity index (χ4n) is 2.15. The summed E-state index contributed by atoms with van der Waals surface area (Å²) in [5.74, 6) is 1.38. The normalized spacial score (nSPS) is 14.4. The van der Waals surface area contributed by atoms with E-state index < -0.39 is 0 Å². The molecule has 1 aromatic heterocycles. The van der Waals surface area contributed by atoms with Gasteiger partial charge in [-0.25, -0.2) is 4.98 Å². The van der Waals surface area contributed by atoms with Crippen molar-refractivity contribution in [3.63, 3.8) is 0 Å². The van der Waals surface area contributed by atoms with Gasteiger partial charge in [0.2, 0.25) is 5.89 Å². The van der Waals surface area contributed by atoms with Crippen molar-refractivity contribution in [1.29, 1.82) is 5.26 Å². The summed E-state index contributed by atoms with van der Waals surface area (Å²) >= 11 is 5.87. The molecule has 1 heterocycles. The van der Waals surface area contributed by atoms with Crippen LogP contribution in [0, 0.1) is 11.3 Å². The Kier molecular flexibility index (Phi) is 3.72. The van der Waals surface area contributed by atoms with Gasteiger partial charge in [-0.2, -0.15) is 5.26 Å². The highest BCUT2D eigenvalue weighted by atomic mass is 35.5. The third kappa shape index (κ3) is 3.01. The SMILES string of the molecule is N#CCN(Cc1ncc(-c2ccc(Cl)cc2)o1)C1CC1. The molecule has 1 aliphatic rings. The molecule has 102 valence electrons. The summed E-state index contributed by atoms with van der Waals surface area (Å²) in [6.07, 6.45) is 4.04. The first-order chi connectivity index (χ1) is 9.76. The lowest BCUT2D eigenvalue weighted by Crippen LogP contribution is -2.25. The number of benzene rings is 1. The van der Waals surface area contributed by atoms with Crippen molar-refractivity contribution in [3.05, 3.63) is 41.4 Å². The van der Waals surface area contributed by atoms with Crippen LogP contribution in [0.25, 0.3) is 11.3 Å². The van der Waals surface area contributed by atoms with Crippen molar-refractivity contribution in [3.8, 4) is 17.4 Å². The maximum atomic E-state index is 8.85. The molecule has 3 rings (SSSR count). The number of hydrogen-bond acceptors (Lipinski definition) is 4. The Morgan fingerprint density at radius 1 is 1.35 bits per heavy atom. The van der Waals surface area contributed by atoms with Crippen LogP contribution in [0.5, 0.6) is 0 Å². The van der Waals surface area contributed by atoms with Crippen molar-refractivity contribution in [2.45, 2.75) is 25.4 Å². The Bertz CT molecular complexity index is 625. The summed E-state index contributed by atoms with van der Waals surface area (Å²) in [5, 5.41) is 9.54. The average Bonchev–Trinajstić information content (AvgIpc) is 3.20. The second-order valence-corrected chi connectivity index (χ2v) is 5.36. The van der Waals surface area contributed by atoms with E-state index in [1.165, 1.54) is 0 Å². The van der Waals surface area contributed by atoms with Gasteiger partial charge in [-0.1, -0.05) is 11.6 Å². The van der Waals surface area contributed by atoms with Gasteiger partial charge in [0.15, 0.2) is 5.76 Å². The molecule has 0 amide bonds.